The number of rotatable bonds is 2. The lowest BCUT2D eigenvalue weighted by molar-refractivity contribution is 0.0992. The molecule has 0 amide bonds. The van der Waals surface area contributed by atoms with E-state index in [1.165, 1.54) is 11.3 Å². The predicted octanol–water partition coefficient (Wildman–Crippen LogP) is 3.13. The molecule has 1 nitrogen and oxygen atoms in total. The Hall–Kier alpha value is -0.280. The first-order valence-electron chi connectivity index (χ1n) is 4.49. The van der Waals surface area contributed by atoms with Gasteiger partial charge >= 0.3 is 0 Å². The van der Waals surface area contributed by atoms with Crippen LogP contribution in [0.3, 0.4) is 0 Å². The van der Waals surface area contributed by atoms with Crippen LogP contribution < -0.4 is 0 Å². The van der Waals surface area contributed by atoms with E-state index in [1.807, 2.05) is 30.8 Å². The Labute approximate surface area is 86.5 Å². The van der Waals surface area contributed by atoms with Crippen LogP contribution in [-0.2, 0) is 0 Å². The molecule has 1 fully saturated rings. The Morgan fingerprint density at radius 2 is 2.38 bits per heavy atom. The summed E-state index contributed by atoms with van der Waals surface area (Å²) in [7, 11) is 0. The summed E-state index contributed by atoms with van der Waals surface area (Å²) in [5.74, 6) is 1.50. The average molecular weight is 212 g/mol. The second-order valence-corrected chi connectivity index (χ2v) is 5.87. The van der Waals surface area contributed by atoms with Gasteiger partial charge in [-0.3, -0.25) is 4.79 Å². The number of hydrogen-bond donors (Lipinski definition) is 0. The van der Waals surface area contributed by atoms with Crippen LogP contribution in [0.4, 0.5) is 0 Å². The molecule has 1 unspecified atom stereocenters. The van der Waals surface area contributed by atoms with Crippen LogP contribution in [0, 0.1) is 6.92 Å². The monoisotopic (exact) mass is 212 g/mol. The maximum atomic E-state index is 11.8. The van der Waals surface area contributed by atoms with Crippen LogP contribution in [0.5, 0.6) is 0 Å². The van der Waals surface area contributed by atoms with Crippen LogP contribution in [-0.4, -0.2) is 16.8 Å². The van der Waals surface area contributed by atoms with Gasteiger partial charge in [0.15, 0.2) is 5.78 Å². The summed E-state index contributed by atoms with van der Waals surface area (Å²) in [6, 6.07) is 3.98. The van der Waals surface area contributed by atoms with Gasteiger partial charge in [-0.15, -0.1) is 11.3 Å². The molecule has 0 aliphatic carbocycles. The Kier molecular flexibility index (Phi) is 2.74. The van der Waals surface area contributed by atoms with Crippen molar-refractivity contribution in [1.29, 1.82) is 0 Å². The van der Waals surface area contributed by atoms with Crippen molar-refractivity contribution in [2.24, 2.45) is 0 Å². The summed E-state index contributed by atoms with van der Waals surface area (Å²) in [5, 5.41) is 0.248. The van der Waals surface area contributed by atoms with E-state index in [1.54, 1.807) is 11.3 Å². The SMILES string of the molecule is Cc1ccc(C(=O)C2CCCS2)s1. The molecule has 2 rings (SSSR count). The largest absolute Gasteiger partial charge is 0.292 e. The van der Waals surface area contributed by atoms with Gasteiger partial charge in [-0.05, 0) is 37.7 Å². The Morgan fingerprint density at radius 1 is 1.54 bits per heavy atom. The first-order chi connectivity index (χ1) is 6.27. The standard InChI is InChI=1S/C10H12OS2/c1-7-4-5-9(13-7)10(11)8-3-2-6-12-8/h4-5,8H,2-3,6H2,1H3. The van der Waals surface area contributed by atoms with Gasteiger partial charge in [-0.25, -0.2) is 0 Å². The second kappa shape index (κ2) is 3.84. The fraction of sp³-hybridized carbons (Fsp3) is 0.500. The molecule has 3 heteroatoms. The van der Waals surface area contributed by atoms with Crippen molar-refractivity contribution in [3.8, 4) is 0 Å². The van der Waals surface area contributed by atoms with Crippen molar-refractivity contribution < 1.29 is 4.79 Å². The number of hydrogen-bond acceptors (Lipinski definition) is 3. The van der Waals surface area contributed by atoms with E-state index in [9.17, 15) is 4.79 Å². The minimum absolute atomic E-state index is 0.248. The van der Waals surface area contributed by atoms with Crippen molar-refractivity contribution >= 4 is 28.9 Å². The summed E-state index contributed by atoms with van der Waals surface area (Å²) in [5.41, 5.74) is 0. The van der Waals surface area contributed by atoms with E-state index in [-0.39, 0.29) is 5.25 Å². The molecule has 1 aromatic rings. The summed E-state index contributed by atoms with van der Waals surface area (Å²) in [6.07, 6.45) is 2.27. The fourth-order valence-corrected chi connectivity index (χ4v) is 3.68. The first-order valence-corrected chi connectivity index (χ1v) is 6.36. The molecule has 0 saturated carbocycles. The third-order valence-corrected chi connectivity index (χ3v) is 4.60. The number of thiophene rings is 1. The van der Waals surface area contributed by atoms with Gasteiger partial charge in [0.25, 0.3) is 0 Å². The Bertz CT molecular complexity index is 310. The maximum Gasteiger partial charge on any atom is 0.185 e. The highest BCUT2D eigenvalue weighted by Gasteiger charge is 2.25. The normalized spacial score (nSPS) is 22.1. The number of thioether (sulfide) groups is 1. The highest BCUT2D eigenvalue weighted by atomic mass is 32.2. The zero-order valence-electron chi connectivity index (χ0n) is 7.58. The third kappa shape index (κ3) is 1.97. The van der Waals surface area contributed by atoms with E-state index < -0.39 is 0 Å². The molecule has 0 radical (unpaired) electrons. The summed E-state index contributed by atoms with van der Waals surface area (Å²) in [4.78, 5) is 14.0. The molecule has 2 heterocycles. The van der Waals surface area contributed by atoms with Gasteiger partial charge in [-0.1, -0.05) is 0 Å². The molecule has 1 aliphatic rings. The fourth-order valence-electron chi connectivity index (χ4n) is 1.51. The van der Waals surface area contributed by atoms with Crippen molar-refractivity contribution in [3.05, 3.63) is 21.9 Å². The molecular weight excluding hydrogens is 200 g/mol. The van der Waals surface area contributed by atoms with Crippen LogP contribution >= 0.6 is 23.1 Å². The lowest BCUT2D eigenvalue weighted by Crippen LogP contribution is -2.12. The van der Waals surface area contributed by atoms with Crippen molar-refractivity contribution in [1.82, 2.24) is 0 Å². The molecule has 1 aromatic heterocycles. The smallest absolute Gasteiger partial charge is 0.185 e. The second-order valence-electron chi connectivity index (χ2n) is 3.28. The minimum atomic E-state index is 0.248. The van der Waals surface area contributed by atoms with Crippen LogP contribution in [0.1, 0.15) is 27.4 Å². The quantitative estimate of drug-likeness (QED) is 0.701. The number of ketones is 1. The molecule has 0 spiro atoms. The molecule has 1 atom stereocenters. The Morgan fingerprint density at radius 3 is 2.92 bits per heavy atom. The highest BCUT2D eigenvalue weighted by Crippen LogP contribution is 2.30. The zero-order valence-corrected chi connectivity index (χ0v) is 9.21. The molecule has 0 bridgehead atoms. The van der Waals surface area contributed by atoms with Crippen molar-refractivity contribution in [2.45, 2.75) is 25.0 Å². The molecule has 13 heavy (non-hydrogen) atoms. The third-order valence-electron chi connectivity index (χ3n) is 2.21. The zero-order chi connectivity index (χ0) is 9.26. The van der Waals surface area contributed by atoms with Gasteiger partial charge in [0.2, 0.25) is 0 Å². The molecule has 1 saturated heterocycles. The highest BCUT2D eigenvalue weighted by molar-refractivity contribution is 8.00. The lowest BCUT2D eigenvalue weighted by atomic mass is 10.1. The first kappa shape index (κ1) is 9.28. The summed E-state index contributed by atoms with van der Waals surface area (Å²) in [6.45, 7) is 2.04. The number of aryl methyl sites for hydroxylation is 1. The number of Topliss-reactive ketones (excluding diaryl/α,β-unsaturated/α-hetero) is 1. The van der Waals surface area contributed by atoms with E-state index in [0.29, 0.717) is 5.78 Å². The van der Waals surface area contributed by atoms with Gasteiger partial charge in [-0.2, -0.15) is 11.8 Å². The van der Waals surface area contributed by atoms with Gasteiger partial charge in [0.05, 0.1) is 10.1 Å². The minimum Gasteiger partial charge on any atom is -0.292 e. The topological polar surface area (TPSA) is 17.1 Å². The van der Waals surface area contributed by atoms with Crippen LogP contribution in [0.15, 0.2) is 12.1 Å². The summed E-state index contributed by atoms with van der Waals surface area (Å²) >= 11 is 3.43. The van der Waals surface area contributed by atoms with Gasteiger partial charge in [0, 0.05) is 4.88 Å². The van der Waals surface area contributed by atoms with E-state index in [2.05, 4.69) is 0 Å². The van der Waals surface area contributed by atoms with Crippen LogP contribution in [0.25, 0.3) is 0 Å². The Balaban J connectivity index is 2.12. The molecule has 1 aliphatic heterocycles. The van der Waals surface area contributed by atoms with Crippen LogP contribution in [0.2, 0.25) is 0 Å². The molecule has 0 N–H and O–H groups in total. The molecular formula is C10H12OS2. The number of carbonyl (C=O) groups is 1. The van der Waals surface area contributed by atoms with Gasteiger partial charge < -0.3 is 0 Å². The van der Waals surface area contributed by atoms with Crippen molar-refractivity contribution in [3.63, 3.8) is 0 Å². The van der Waals surface area contributed by atoms with E-state index in [0.717, 1.165) is 17.1 Å². The maximum absolute atomic E-state index is 11.8. The average Bonchev–Trinajstić information content (AvgIpc) is 2.72. The van der Waals surface area contributed by atoms with E-state index >= 15 is 0 Å². The predicted molar refractivity (Wildman–Crippen MR) is 58.9 cm³/mol. The van der Waals surface area contributed by atoms with Gasteiger partial charge in [0.1, 0.15) is 0 Å². The van der Waals surface area contributed by atoms with E-state index in [4.69, 9.17) is 0 Å². The molecule has 70 valence electrons. The number of carbonyl (C=O) groups excluding carboxylic acids is 1. The molecule has 0 aromatic carbocycles. The summed E-state index contributed by atoms with van der Waals surface area (Å²) < 4.78 is 0. The van der Waals surface area contributed by atoms with Crippen molar-refractivity contribution in [2.75, 3.05) is 5.75 Å². The lowest BCUT2D eigenvalue weighted by Gasteiger charge is -2.03.